The van der Waals surface area contributed by atoms with E-state index < -0.39 is 23.7 Å². The van der Waals surface area contributed by atoms with Crippen molar-refractivity contribution in [2.75, 3.05) is 7.11 Å². The number of benzene rings is 1. The molecule has 2 N–H and O–H groups in total. The SMILES string of the molecule is COc1cccc([C@H]2C3=CC[C@@H]4C(=O)NC(=O)[C@@H]4[C@@H]3CC3=C2C(=O)C(C)=CC3=O)c1O. The van der Waals surface area contributed by atoms with E-state index in [4.69, 9.17) is 4.74 Å². The molecule has 4 atom stereocenters. The number of ether oxygens (including phenoxy) is 1. The summed E-state index contributed by atoms with van der Waals surface area (Å²) >= 11 is 0. The smallest absolute Gasteiger partial charge is 0.231 e. The van der Waals surface area contributed by atoms with Gasteiger partial charge in [-0.3, -0.25) is 24.5 Å². The Hall–Kier alpha value is -3.48. The van der Waals surface area contributed by atoms with Gasteiger partial charge in [-0.1, -0.05) is 23.8 Å². The third-order valence-electron chi connectivity index (χ3n) is 6.97. The standard InChI is InChI=1S/C24H21NO6/c1-10-8-16(26)15-9-14-11(6-7-13-19(14)24(30)25-23(13)29)18(20(15)21(10)27)12-4-3-5-17(31-2)22(12)28/h3-6,8,13-14,18-19,28H,7,9H2,1-2H3,(H,25,29,30)/t13-,14+,18+,19-/m0/s1. The van der Waals surface area contributed by atoms with E-state index in [-0.39, 0.29) is 41.3 Å². The van der Waals surface area contributed by atoms with Gasteiger partial charge >= 0.3 is 0 Å². The first-order valence-corrected chi connectivity index (χ1v) is 10.2. The van der Waals surface area contributed by atoms with Crippen molar-refractivity contribution in [1.29, 1.82) is 0 Å². The van der Waals surface area contributed by atoms with Gasteiger partial charge in [0.05, 0.1) is 18.9 Å². The van der Waals surface area contributed by atoms with E-state index in [1.54, 1.807) is 25.1 Å². The lowest BCUT2D eigenvalue weighted by Crippen LogP contribution is -2.39. The highest BCUT2D eigenvalue weighted by atomic mass is 16.5. The first-order chi connectivity index (χ1) is 14.8. The van der Waals surface area contributed by atoms with Crippen LogP contribution in [0.5, 0.6) is 11.5 Å². The predicted octanol–water partition coefficient (Wildman–Crippen LogP) is 2.12. The number of hydrogen-bond acceptors (Lipinski definition) is 6. The van der Waals surface area contributed by atoms with Crippen LogP contribution in [0.3, 0.4) is 0 Å². The van der Waals surface area contributed by atoms with Crippen molar-refractivity contribution in [3.05, 3.63) is 58.2 Å². The number of phenols is 1. The molecule has 0 radical (unpaired) electrons. The highest BCUT2D eigenvalue weighted by Crippen LogP contribution is 2.55. The average molecular weight is 419 g/mol. The number of nitrogens with one attached hydrogen (secondary N) is 1. The minimum absolute atomic E-state index is 0.107. The fraction of sp³-hybridized carbons (Fsp3) is 0.333. The number of rotatable bonds is 2. The van der Waals surface area contributed by atoms with E-state index >= 15 is 0 Å². The Bertz CT molecular complexity index is 1170. The van der Waals surface area contributed by atoms with Gasteiger partial charge in [0.2, 0.25) is 11.8 Å². The molecule has 0 aromatic heterocycles. The number of carbonyl (C=O) groups excluding carboxylic acids is 4. The molecule has 5 rings (SSSR count). The molecule has 0 bridgehead atoms. The number of Topliss-reactive ketones (excluding diaryl/α,β-unsaturated/α-hetero) is 1. The zero-order chi connectivity index (χ0) is 22.0. The molecular weight excluding hydrogens is 398 g/mol. The van der Waals surface area contributed by atoms with Gasteiger partial charge in [0.1, 0.15) is 0 Å². The van der Waals surface area contributed by atoms with Crippen molar-refractivity contribution in [2.45, 2.75) is 25.7 Å². The summed E-state index contributed by atoms with van der Waals surface area (Å²) < 4.78 is 5.26. The maximum absolute atomic E-state index is 13.2. The normalized spacial score (nSPS) is 29.6. The molecule has 3 aliphatic carbocycles. The van der Waals surface area contributed by atoms with Crippen molar-refractivity contribution < 1.29 is 29.0 Å². The van der Waals surface area contributed by atoms with Crippen LogP contribution >= 0.6 is 0 Å². The summed E-state index contributed by atoms with van der Waals surface area (Å²) in [5.41, 5.74) is 2.29. The Morgan fingerprint density at radius 2 is 1.87 bits per heavy atom. The highest BCUT2D eigenvalue weighted by molar-refractivity contribution is 6.24. The molecule has 158 valence electrons. The largest absolute Gasteiger partial charge is 0.504 e. The zero-order valence-electron chi connectivity index (χ0n) is 17.1. The van der Waals surface area contributed by atoms with E-state index in [0.29, 0.717) is 28.7 Å². The van der Waals surface area contributed by atoms with Crippen LogP contribution in [0.15, 0.2) is 52.6 Å². The van der Waals surface area contributed by atoms with Crippen LogP contribution in [0.2, 0.25) is 0 Å². The number of carbonyl (C=O) groups is 4. The summed E-state index contributed by atoms with van der Waals surface area (Å²) in [4.78, 5) is 51.0. The first kappa shape index (κ1) is 19.5. The van der Waals surface area contributed by atoms with Crippen LogP contribution in [-0.2, 0) is 19.2 Å². The second kappa shape index (κ2) is 6.77. The third kappa shape index (κ3) is 2.65. The lowest BCUT2D eigenvalue weighted by Gasteiger charge is -2.42. The van der Waals surface area contributed by atoms with Gasteiger partial charge in [-0.15, -0.1) is 0 Å². The Morgan fingerprint density at radius 3 is 2.61 bits per heavy atom. The minimum atomic E-state index is -0.687. The lowest BCUT2D eigenvalue weighted by atomic mass is 9.59. The number of para-hydroxylation sites is 1. The number of allylic oxidation sites excluding steroid dienone is 6. The van der Waals surface area contributed by atoms with Gasteiger partial charge in [-0.2, -0.15) is 0 Å². The van der Waals surface area contributed by atoms with Gasteiger partial charge in [0.15, 0.2) is 23.1 Å². The number of ketones is 2. The molecule has 1 aromatic carbocycles. The van der Waals surface area contributed by atoms with Crippen LogP contribution in [0.1, 0.15) is 31.2 Å². The van der Waals surface area contributed by atoms with Crippen molar-refractivity contribution in [3.8, 4) is 11.5 Å². The molecule has 1 aliphatic heterocycles. The molecule has 0 unspecified atom stereocenters. The maximum atomic E-state index is 13.2. The van der Waals surface area contributed by atoms with Crippen molar-refractivity contribution in [2.24, 2.45) is 17.8 Å². The lowest BCUT2D eigenvalue weighted by molar-refractivity contribution is -0.126. The quantitative estimate of drug-likeness (QED) is 0.432. The molecule has 7 heteroatoms. The molecule has 1 saturated heterocycles. The van der Waals surface area contributed by atoms with Crippen LogP contribution in [0.4, 0.5) is 0 Å². The van der Waals surface area contributed by atoms with Gasteiger partial charge < -0.3 is 9.84 Å². The molecular formula is C24H21NO6. The second-order valence-corrected chi connectivity index (χ2v) is 8.48. The van der Waals surface area contributed by atoms with E-state index in [1.165, 1.54) is 13.2 Å². The molecule has 0 spiro atoms. The van der Waals surface area contributed by atoms with Crippen LogP contribution in [0.25, 0.3) is 0 Å². The molecule has 4 aliphatic rings. The van der Waals surface area contributed by atoms with E-state index in [0.717, 1.165) is 5.57 Å². The number of amides is 2. The Morgan fingerprint density at radius 1 is 1.10 bits per heavy atom. The van der Waals surface area contributed by atoms with Gasteiger partial charge in [-0.25, -0.2) is 0 Å². The Labute approximate surface area is 178 Å². The van der Waals surface area contributed by atoms with Crippen molar-refractivity contribution >= 4 is 23.4 Å². The molecule has 2 amide bonds. The van der Waals surface area contributed by atoms with Crippen LogP contribution < -0.4 is 10.1 Å². The number of fused-ring (bicyclic) bond motifs is 3. The monoisotopic (exact) mass is 419 g/mol. The van der Waals surface area contributed by atoms with Crippen molar-refractivity contribution in [3.63, 3.8) is 0 Å². The fourth-order valence-electron chi connectivity index (χ4n) is 5.56. The van der Waals surface area contributed by atoms with Crippen LogP contribution in [-0.4, -0.2) is 35.6 Å². The van der Waals surface area contributed by atoms with Crippen molar-refractivity contribution in [1.82, 2.24) is 5.32 Å². The number of hydrogen-bond donors (Lipinski definition) is 2. The summed E-state index contributed by atoms with van der Waals surface area (Å²) in [7, 11) is 1.44. The topological polar surface area (TPSA) is 110 Å². The summed E-state index contributed by atoms with van der Waals surface area (Å²) in [6.07, 6.45) is 3.83. The molecule has 0 saturated carbocycles. The number of phenolic OH excluding ortho intramolecular Hbond substituents is 1. The summed E-state index contributed by atoms with van der Waals surface area (Å²) in [5, 5.41) is 13.3. The summed E-state index contributed by atoms with van der Waals surface area (Å²) in [6.45, 7) is 1.60. The predicted molar refractivity (Wildman–Crippen MR) is 109 cm³/mol. The minimum Gasteiger partial charge on any atom is -0.504 e. The van der Waals surface area contributed by atoms with Gasteiger partial charge in [0, 0.05) is 28.2 Å². The summed E-state index contributed by atoms with van der Waals surface area (Å²) in [5.74, 6) is -3.15. The Balaban J connectivity index is 1.75. The third-order valence-corrected chi connectivity index (χ3v) is 6.97. The molecule has 1 fully saturated rings. The molecule has 1 heterocycles. The molecule has 1 aromatic rings. The van der Waals surface area contributed by atoms with Gasteiger partial charge in [0.25, 0.3) is 0 Å². The van der Waals surface area contributed by atoms with E-state index in [2.05, 4.69) is 5.32 Å². The maximum Gasteiger partial charge on any atom is 0.231 e. The average Bonchev–Trinajstić information content (AvgIpc) is 3.05. The van der Waals surface area contributed by atoms with E-state index in [1.807, 2.05) is 6.08 Å². The van der Waals surface area contributed by atoms with E-state index in [9.17, 15) is 24.3 Å². The Kier molecular flexibility index (Phi) is 4.25. The van der Waals surface area contributed by atoms with Gasteiger partial charge in [-0.05, 0) is 37.8 Å². The fourth-order valence-corrected chi connectivity index (χ4v) is 5.56. The second-order valence-electron chi connectivity index (χ2n) is 8.48. The summed E-state index contributed by atoms with van der Waals surface area (Å²) in [6, 6.07) is 5.03. The number of aromatic hydroxyl groups is 1. The number of methoxy groups -OCH3 is 1. The molecule has 7 nitrogen and oxygen atoms in total. The zero-order valence-corrected chi connectivity index (χ0v) is 17.1. The van der Waals surface area contributed by atoms with Crippen LogP contribution in [0, 0.1) is 17.8 Å². The highest BCUT2D eigenvalue weighted by Gasteiger charge is 2.53. The number of imide groups is 1. The first-order valence-electron chi connectivity index (χ1n) is 10.2. The molecule has 31 heavy (non-hydrogen) atoms.